The van der Waals surface area contributed by atoms with Gasteiger partial charge in [0, 0.05) is 16.5 Å². The Morgan fingerprint density at radius 3 is 2.66 bits per heavy atom. The van der Waals surface area contributed by atoms with Crippen molar-refractivity contribution >= 4 is 22.6 Å². The van der Waals surface area contributed by atoms with Gasteiger partial charge in [-0.05, 0) is 54.1 Å². The number of aromatic nitrogens is 2. The van der Waals surface area contributed by atoms with Crippen LogP contribution in [0.3, 0.4) is 0 Å². The highest BCUT2D eigenvalue weighted by Crippen LogP contribution is 2.35. The summed E-state index contributed by atoms with van der Waals surface area (Å²) in [5, 5.41) is 10.6. The number of halogens is 1. The van der Waals surface area contributed by atoms with Gasteiger partial charge in [0.15, 0.2) is 5.82 Å². The number of carbonyl (C=O) groups is 1. The number of hydrogen-bond donors (Lipinski definition) is 2. The summed E-state index contributed by atoms with van der Waals surface area (Å²) in [5.74, 6) is 0.897. The number of methoxy groups -OCH3 is 2. The van der Waals surface area contributed by atoms with E-state index in [9.17, 15) is 9.18 Å². The Labute approximate surface area is 166 Å². The number of nitrogens with zero attached hydrogens (tertiary/aromatic N) is 1. The van der Waals surface area contributed by atoms with Gasteiger partial charge in [-0.15, -0.1) is 0 Å². The quantitative estimate of drug-likeness (QED) is 0.520. The SMILES string of the molecule is COc1ccc(OC)c(-c2ccc3c(NC(=O)c4cccc(F)c4)n[nH]c3c2)c1. The van der Waals surface area contributed by atoms with E-state index in [0.29, 0.717) is 17.3 Å². The fourth-order valence-electron chi connectivity index (χ4n) is 3.13. The van der Waals surface area contributed by atoms with Crippen LogP contribution < -0.4 is 14.8 Å². The van der Waals surface area contributed by atoms with Gasteiger partial charge in [-0.25, -0.2) is 4.39 Å². The lowest BCUT2D eigenvalue weighted by molar-refractivity contribution is 0.102. The molecule has 6 nitrogen and oxygen atoms in total. The van der Waals surface area contributed by atoms with Crippen molar-refractivity contribution in [3.8, 4) is 22.6 Å². The topological polar surface area (TPSA) is 76.2 Å². The number of ether oxygens (including phenoxy) is 2. The largest absolute Gasteiger partial charge is 0.497 e. The Morgan fingerprint density at radius 1 is 1.03 bits per heavy atom. The molecule has 0 aliphatic rings. The minimum absolute atomic E-state index is 0.221. The molecule has 7 heteroatoms. The van der Waals surface area contributed by atoms with Gasteiger partial charge in [0.2, 0.25) is 0 Å². The molecule has 146 valence electrons. The zero-order valence-corrected chi connectivity index (χ0v) is 15.8. The third kappa shape index (κ3) is 3.62. The van der Waals surface area contributed by atoms with Gasteiger partial charge < -0.3 is 14.8 Å². The van der Waals surface area contributed by atoms with Crippen LogP contribution in [0.2, 0.25) is 0 Å². The number of carbonyl (C=O) groups excluding carboxylic acids is 1. The molecule has 4 rings (SSSR count). The second-order valence-corrected chi connectivity index (χ2v) is 6.36. The summed E-state index contributed by atoms with van der Waals surface area (Å²) in [6.45, 7) is 0. The molecule has 0 bridgehead atoms. The maximum atomic E-state index is 13.4. The Morgan fingerprint density at radius 2 is 1.90 bits per heavy atom. The van der Waals surface area contributed by atoms with Crippen molar-refractivity contribution in [2.75, 3.05) is 19.5 Å². The lowest BCUT2D eigenvalue weighted by atomic mass is 10.0. The molecule has 0 fully saturated rings. The average molecular weight is 391 g/mol. The van der Waals surface area contributed by atoms with E-state index >= 15 is 0 Å². The summed E-state index contributed by atoms with van der Waals surface area (Å²) in [4.78, 5) is 12.4. The van der Waals surface area contributed by atoms with Gasteiger partial charge in [-0.2, -0.15) is 5.10 Å². The van der Waals surface area contributed by atoms with E-state index in [1.54, 1.807) is 20.3 Å². The van der Waals surface area contributed by atoms with Crippen LogP contribution in [0.1, 0.15) is 10.4 Å². The molecule has 0 unspecified atom stereocenters. The standard InChI is InChI=1S/C22H18FN3O3/c1-28-16-7-9-20(29-2)18(12-16)13-6-8-17-19(11-13)25-26-21(17)24-22(27)14-4-3-5-15(23)10-14/h3-12H,1-2H3,(H2,24,25,26,27). The first kappa shape index (κ1) is 18.5. The highest BCUT2D eigenvalue weighted by atomic mass is 19.1. The van der Waals surface area contributed by atoms with Crippen molar-refractivity contribution in [1.29, 1.82) is 0 Å². The Balaban J connectivity index is 1.67. The van der Waals surface area contributed by atoms with E-state index in [0.717, 1.165) is 22.0 Å². The van der Waals surface area contributed by atoms with E-state index in [-0.39, 0.29) is 5.56 Å². The normalized spacial score (nSPS) is 10.7. The molecule has 0 saturated carbocycles. The van der Waals surface area contributed by atoms with Gasteiger partial charge in [0.1, 0.15) is 17.3 Å². The highest BCUT2D eigenvalue weighted by Gasteiger charge is 2.14. The Hall–Kier alpha value is -3.87. The summed E-state index contributed by atoms with van der Waals surface area (Å²) in [6, 6.07) is 16.7. The fraction of sp³-hybridized carbons (Fsp3) is 0.0909. The van der Waals surface area contributed by atoms with Crippen molar-refractivity contribution in [3.05, 3.63) is 72.0 Å². The van der Waals surface area contributed by atoms with Crippen molar-refractivity contribution in [3.63, 3.8) is 0 Å². The summed E-state index contributed by atoms with van der Waals surface area (Å²) in [7, 11) is 3.22. The number of amides is 1. The summed E-state index contributed by atoms with van der Waals surface area (Å²) in [6.07, 6.45) is 0. The molecular weight excluding hydrogens is 373 g/mol. The lowest BCUT2D eigenvalue weighted by Crippen LogP contribution is -2.12. The molecule has 4 aromatic rings. The van der Waals surface area contributed by atoms with Gasteiger partial charge >= 0.3 is 0 Å². The Kier molecular flexibility index (Phi) is 4.87. The predicted octanol–water partition coefficient (Wildman–Crippen LogP) is 4.64. The van der Waals surface area contributed by atoms with Crippen molar-refractivity contribution < 1.29 is 18.7 Å². The highest BCUT2D eigenvalue weighted by molar-refractivity contribution is 6.08. The van der Waals surface area contributed by atoms with E-state index in [1.807, 2.05) is 36.4 Å². The van der Waals surface area contributed by atoms with Crippen LogP contribution in [-0.2, 0) is 0 Å². The maximum Gasteiger partial charge on any atom is 0.256 e. The maximum absolute atomic E-state index is 13.4. The second kappa shape index (κ2) is 7.63. The zero-order valence-electron chi connectivity index (χ0n) is 15.8. The molecule has 3 aromatic carbocycles. The lowest BCUT2D eigenvalue weighted by Gasteiger charge is -2.11. The Bertz CT molecular complexity index is 1200. The summed E-state index contributed by atoms with van der Waals surface area (Å²) in [5.41, 5.74) is 2.73. The number of benzene rings is 3. The van der Waals surface area contributed by atoms with E-state index < -0.39 is 11.7 Å². The van der Waals surface area contributed by atoms with E-state index in [1.165, 1.54) is 18.2 Å². The summed E-state index contributed by atoms with van der Waals surface area (Å²) >= 11 is 0. The monoisotopic (exact) mass is 391 g/mol. The predicted molar refractivity (Wildman–Crippen MR) is 109 cm³/mol. The molecule has 0 aliphatic carbocycles. The molecule has 1 amide bonds. The molecule has 0 spiro atoms. The number of hydrogen-bond acceptors (Lipinski definition) is 4. The van der Waals surface area contributed by atoms with Crippen LogP contribution >= 0.6 is 0 Å². The first-order valence-electron chi connectivity index (χ1n) is 8.86. The molecule has 0 aliphatic heterocycles. The zero-order chi connectivity index (χ0) is 20.4. The van der Waals surface area contributed by atoms with Crippen molar-refractivity contribution in [2.24, 2.45) is 0 Å². The molecule has 1 aromatic heterocycles. The van der Waals surface area contributed by atoms with Crippen molar-refractivity contribution in [2.45, 2.75) is 0 Å². The third-order valence-electron chi connectivity index (χ3n) is 4.60. The van der Waals surface area contributed by atoms with Gasteiger partial charge in [-0.3, -0.25) is 9.89 Å². The molecule has 0 saturated heterocycles. The van der Waals surface area contributed by atoms with Gasteiger partial charge in [0.05, 0.1) is 19.7 Å². The van der Waals surface area contributed by atoms with E-state index in [4.69, 9.17) is 9.47 Å². The number of aromatic amines is 1. The minimum atomic E-state index is -0.471. The minimum Gasteiger partial charge on any atom is -0.497 e. The number of fused-ring (bicyclic) bond motifs is 1. The smallest absolute Gasteiger partial charge is 0.256 e. The van der Waals surface area contributed by atoms with Crippen LogP contribution in [0.15, 0.2) is 60.7 Å². The average Bonchev–Trinajstić information content (AvgIpc) is 3.15. The van der Waals surface area contributed by atoms with Crippen LogP contribution in [0, 0.1) is 5.82 Å². The van der Waals surface area contributed by atoms with Crippen molar-refractivity contribution in [1.82, 2.24) is 10.2 Å². The third-order valence-corrected chi connectivity index (χ3v) is 4.60. The van der Waals surface area contributed by atoms with Gasteiger partial charge in [-0.1, -0.05) is 12.1 Å². The number of nitrogens with one attached hydrogen (secondary N) is 2. The van der Waals surface area contributed by atoms with Crippen LogP contribution in [-0.4, -0.2) is 30.3 Å². The number of anilines is 1. The van der Waals surface area contributed by atoms with Gasteiger partial charge in [0.25, 0.3) is 5.91 Å². The molecular formula is C22H18FN3O3. The first-order chi connectivity index (χ1) is 14.1. The first-order valence-corrected chi connectivity index (χ1v) is 8.86. The molecule has 0 atom stereocenters. The molecule has 0 radical (unpaired) electrons. The molecule has 1 heterocycles. The van der Waals surface area contributed by atoms with Crippen LogP contribution in [0.25, 0.3) is 22.0 Å². The number of rotatable bonds is 5. The van der Waals surface area contributed by atoms with E-state index in [2.05, 4.69) is 15.5 Å². The second-order valence-electron chi connectivity index (χ2n) is 6.36. The molecule has 29 heavy (non-hydrogen) atoms. The molecule has 2 N–H and O–H groups in total. The summed E-state index contributed by atoms with van der Waals surface area (Å²) < 4.78 is 24.1. The number of H-pyrrole nitrogens is 1. The van der Waals surface area contributed by atoms with Crippen LogP contribution in [0.4, 0.5) is 10.2 Å². The van der Waals surface area contributed by atoms with Crippen LogP contribution in [0.5, 0.6) is 11.5 Å². The fourth-order valence-corrected chi connectivity index (χ4v) is 3.13.